The van der Waals surface area contributed by atoms with E-state index in [9.17, 15) is 27.5 Å². The van der Waals surface area contributed by atoms with Crippen LogP contribution in [0.3, 0.4) is 0 Å². The standard InChI is InChI=1S/C17H23F4NO4/c1-10(2)17(3,24)8-14(23)22-13(9-25-15(18)19)11-5-4-6-12(7-11)26-16(20)21/h4-7,10,13,15-16,24H,8-9H2,1-3H3,(H,22,23)/t13-,17+/m0/s1. The highest BCUT2D eigenvalue weighted by molar-refractivity contribution is 5.77. The summed E-state index contributed by atoms with van der Waals surface area (Å²) in [6.07, 6.45) is -0.261. The van der Waals surface area contributed by atoms with E-state index in [0.717, 1.165) is 0 Å². The van der Waals surface area contributed by atoms with Crippen LogP contribution in [-0.2, 0) is 9.53 Å². The Balaban J connectivity index is 2.93. The van der Waals surface area contributed by atoms with Gasteiger partial charge in [0.15, 0.2) is 0 Å². The van der Waals surface area contributed by atoms with Gasteiger partial charge in [-0.05, 0) is 30.5 Å². The number of ether oxygens (including phenoxy) is 2. The maximum atomic E-state index is 12.4. The summed E-state index contributed by atoms with van der Waals surface area (Å²) in [5.74, 6) is -0.985. The average molecular weight is 381 g/mol. The van der Waals surface area contributed by atoms with Gasteiger partial charge < -0.3 is 19.9 Å². The largest absolute Gasteiger partial charge is 0.435 e. The summed E-state index contributed by atoms with van der Waals surface area (Å²) in [4.78, 5) is 12.2. The van der Waals surface area contributed by atoms with Crippen LogP contribution >= 0.6 is 0 Å². The Morgan fingerprint density at radius 3 is 2.42 bits per heavy atom. The highest BCUT2D eigenvalue weighted by atomic mass is 19.3. The van der Waals surface area contributed by atoms with Crippen molar-refractivity contribution >= 4 is 5.91 Å². The molecule has 0 aliphatic rings. The molecule has 1 aromatic rings. The number of nitrogens with one attached hydrogen (secondary N) is 1. The quantitative estimate of drug-likeness (QED) is 0.609. The highest BCUT2D eigenvalue weighted by Gasteiger charge is 2.29. The maximum absolute atomic E-state index is 12.4. The lowest BCUT2D eigenvalue weighted by Gasteiger charge is -2.28. The van der Waals surface area contributed by atoms with Gasteiger partial charge in [-0.3, -0.25) is 4.79 Å². The van der Waals surface area contributed by atoms with E-state index in [4.69, 9.17) is 0 Å². The van der Waals surface area contributed by atoms with E-state index >= 15 is 0 Å². The molecule has 26 heavy (non-hydrogen) atoms. The minimum absolute atomic E-state index is 0.178. The summed E-state index contributed by atoms with van der Waals surface area (Å²) in [6.45, 7) is -1.74. The summed E-state index contributed by atoms with van der Waals surface area (Å²) in [7, 11) is 0. The van der Waals surface area contributed by atoms with Crippen molar-refractivity contribution in [3.8, 4) is 5.75 Å². The molecule has 1 amide bonds. The van der Waals surface area contributed by atoms with Crippen molar-refractivity contribution in [1.82, 2.24) is 5.32 Å². The number of hydrogen-bond acceptors (Lipinski definition) is 4. The fraction of sp³-hybridized carbons (Fsp3) is 0.588. The summed E-state index contributed by atoms with van der Waals surface area (Å²) in [6, 6.07) is 4.29. The first-order valence-electron chi connectivity index (χ1n) is 7.97. The molecular formula is C17H23F4NO4. The van der Waals surface area contributed by atoms with Crippen LogP contribution in [0, 0.1) is 5.92 Å². The van der Waals surface area contributed by atoms with Gasteiger partial charge in [-0.25, -0.2) is 0 Å². The second kappa shape index (κ2) is 9.72. The number of benzene rings is 1. The highest BCUT2D eigenvalue weighted by Crippen LogP contribution is 2.24. The van der Waals surface area contributed by atoms with Crippen molar-refractivity contribution in [3.05, 3.63) is 29.8 Å². The third-order valence-corrected chi connectivity index (χ3v) is 3.97. The molecule has 0 radical (unpaired) electrons. The van der Waals surface area contributed by atoms with Gasteiger partial charge in [0, 0.05) is 0 Å². The fourth-order valence-electron chi connectivity index (χ4n) is 2.07. The van der Waals surface area contributed by atoms with Crippen molar-refractivity contribution in [1.29, 1.82) is 0 Å². The SMILES string of the molecule is CC(C)[C@](C)(O)CC(=O)N[C@@H](COC(F)F)c1cccc(OC(F)F)c1. The Kier molecular flexibility index (Phi) is 8.29. The minimum Gasteiger partial charge on any atom is -0.435 e. The van der Waals surface area contributed by atoms with Crippen molar-refractivity contribution < 1.29 is 36.9 Å². The van der Waals surface area contributed by atoms with E-state index in [1.165, 1.54) is 31.2 Å². The lowest BCUT2D eigenvalue weighted by Crippen LogP contribution is -2.40. The minimum atomic E-state index is -3.06. The van der Waals surface area contributed by atoms with E-state index in [1.807, 2.05) is 0 Å². The van der Waals surface area contributed by atoms with Crippen LogP contribution in [0.15, 0.2) is 24.3 Å². The topological polar surface area (TPSA) is 67.8 Å². The summed E-state index contributed by atoms with van der Waals surface area (Å²) in [5.41, 5.74) is -1.04. The molecule has 148 valence electrons. The predicted octanol–water partition coefficient (Wildman–Crippen LogP) is 3.48. The maximum Gasteiger partial charge on any atom is 0.387 e. The normalized spacial score (nSPS) is 15.2. The molecule has 0 heterocycles. The van der Waals surface area contributed by atoms with Crippen LogP contribution in [0.2, 0.25) is 0 Å². The number of halogens is 4. The number of aliphatic hydroxyl groups is 1. The molecule has 1 rings (SSSR count). The number of rotatable bonds is 10. The summed E-state index contributed by atoms with van der Waals surface area (Å²) >= 11 is 0. The van der Waals surface area contributed by atoms with Crippen molar-refractivity contribution in [3.63, 3.8) is 0 Å². The zero-order valence-electron chi connectivity index (χ0n) is 14.7. The Morgan fingerprint density at radius 1 is 1.23 bits per heavy atom. The van der Waals surface area contributed by atoms with Gasteiger partial charge >= 0.3 is 13.2 Å². The number of carbonyl (C=O) groups excluding carboxylic acids is 1. The third kappa shape index (κ3) is 7.57. The van der Waals surface area contributed by atoms with Gasteiger partial charge in [0.05, 0.1) is 24.7 Å². The average Bonchev–Trinajstić information content (AvgIpc) is 2.50. The van der Waals surface area contributed by atoms with Gasteiger partial charge in [-0.2, -0.15) is 17.6 Å². The Labute approximate surface area is 149 Å². The van der Waals surface area contributed by atoms with Gasteiger partial charge in [0.1, 0.15) is 5.75 Å². The van der Waals surface area contributed by atoms with E-state index in [1.54, 1.807) is 13.8 Å². The molecule has 0 aromatic heterocycles. The summed E-state index contributed by atoms with van der Waals surface area (Å²) in [5, 5.41) is 12.7. The first kappa shape index (κ1) is 22.2. The number of alkyl halides is 4. The smallest absolute Gasteiger partial charge is 0.387 e. The van der Waals surface area contributed by atoms with Crippen molar-refractivity contribution in [2.75, 3.05) is 6.61 Å². The van der Waals surface area contributed by atoms with Crippen LogP contribution in [0.25, 0.3) is 0 Å². The fourth-order valence-corrected chi connectivity index (χ4v) is 2.07. The Bertz CT molecular complexity index is 582. The first-order valence-corrected chi connectivity index (χ1v) is 7.97. The van der Waals surface area contributed by atoms with Gasteiger partial charge in [0.25, 0.3) is 0 Å². The van der Waals surface area contributed by atoms with Gasteiger partial charge in [-0.1, -0.05) is 26.0 Å². The molecule has 0 aliphatic heterocycles. The molecule has 0 bridgehead atoms. The van der Waals surface area contributed by atoms with Gasteiger partial charge in [0.2, 0.25) is 5.91 Å². The molecule has 2 N–H and O–H groups in total. The van der Waals surface area contributed by atoms with E-state index in [0.29, 0.717) is 0 Å². The molecule has 5 nitrogen and oxygen atoms in total. The van der Waals surface area contributed by atoms with Crippen LogP contribution in [0.1, 0.15) is 38.8 Å². The monoisotopic (exact) mass is 381 g/mol. The van der Waals surface area contributed by atoms with Crippen LogP contribution < -0.4 is 10.1 Å². The molecule has 0 saturated carbocycles. The molecule has 0 aliphatic carbocycles. The number of amides is 1. The second-order valence-electron chi connectivity index (χ2n) is 6.35. The number of carbonyl (C=O) groups is 1. The van der Waals surface area contributed by atoms with Crippen molar-refractivity contribution in [2.45, 2.75) is 52.1 Å². The molecule has 1 aromatic carbocycles. The van der Waals surface area contributed by atoms with Crippen LogP contribution in [-0.4, -0.2) is 36.4 Å². The third-order valence-electron chi connectivity index (χ3n) is 3.97. The zero-order chi connectivity index (χ0) is 19.9. The Hall–Kier alpha value is -1.87. The lowest BCUT2D eigenvalue weighted by atomic mass is 9.89. The number of hydrogen-bond donors (Lipinski definition) is 2. The van der Waals surface area contributed by atoms with Crippen LogP contribution in [0.4, 0.5) is 17.6 Å². The second-order valence-corrected chi connectivity index (χ2v) is 6.35. The van der Waals surface area contributed by atoms with Crippen molar-refractivity contribution in [2.24, 2.45) is 5.92 Å². The predicted molar refractivity (Wildman–Crippen MR) is 86.0 cm³/mol. The molecule has 9 heteroatoms. The van der Waals surface area contributed by atoms with E-state index in [2.05, 4.69) is 14.8 Å². The van der Waals surface area contributed by atoms with E-state index in [-0.39, 0.29) is 23.7 Å². The molecular weight excluding hydrogens is 358 g/mol. The molecule has 0 fully saturated rings. The molecule has 0 spiro atoms. The molecule has 2 atom stereocenters. The van der Waals surface area contributed by atoms with Crippen LogP contribution in [0.5, 0.6) is 5.75 Å². The zero-order valence-corrected chi connectivity index (χ0v) is 14.7. The Morgan fingerprint density at radius 2 is 1.88 bits per heavy atom. The summed E-state index contributed by atoms with van der Waals surface area (Å²) < 4.78 is 58.0. The molecule has 0 unspecified atom stereocenters. The molecule has 0 saturated heterocycles. The van der Waals surface area contributed by atoms with E-state index < -0.39 is 37.4 Å². The lowest BCUT2D eigenvalue weighted by molar-refractivity contribution is -0.141. The first-order chi connectivity index (χ1) is 12.0. The van der Waals surface area contributed by atoms with Gasteiger partial charge in [-0.15, -0.1) is 0 Å².